The van der Waals surface area contributed by atoms with Crippen molar-refractivity contribution < 1.29 is 32.6 Å². The van der Waals surface area contributed by atoms with Crippen molar-refractivity contribution in [3.63, 3.8) is 0 Å². The second kappa shape index (κ2) is 10.5. The molecule has 0 radical (unpaired) electrons. The van der Waals surface area contributed by atoms with Gasteiger partial charge in [-0.05, 0) is 48.5 Å². The molecular weight excluding hydrogens is 525 g/mol. The van der Waals surface area contributed by atoms with E-state index in [2.05, 4.69) is 31.5 Å². The van der Waals surface area contributed by atoms with Crippen molar-refractivity contribution >= 4 is 39.2 Å². The molecule has 0 atom stereocenters. The van der Waals surface area contributed by atoms with Crippen molar-refractivity contribution in [2.24, 2.45) is 0 Å². The van der Waals surface area contributed by atoms with Crippen LogP contribution in [0.4, 0.5) is 29.3 Å². The van der Waals surface area contributed by atoms with Crippen LogP contribution in [0.2, 0.25) is 0 Å². The number of nitrogens with one attached hydrogen (secondary N) is 2. The number of hydroxylamine groups is 2. The van der Waals surface area contributed by atoms with Gasteiger partial charge in [0.25, 0.3) is 5.91 Å². The summed E-state index contributed by atoms with van der Waals surface area (Å²) in [6.07, 6.45) is -3.33. The topological polar surface area (TPSA) is 127 Å². The van der Waals surface area contributed by atoms with Crippen molar-refractivity contribution in [2.75, 3.05) is 17.4 Å². The van der Waals surface area contributed by atoms with Crippen LogP contribution in [-0.4, -0.2) is 33.8 Å². The number of aromatic nitrogens is 1. The largest absolute Gasteiger partial charge is 0.754 e. The van der Waals surface area contributed by atoms with Crippen LogP contribution in [0.25, 0.3) is 0 Å². The van der Waals surface area contributed by atoms with E-state index in [0.717, 1.165) is 6.07 Å². The van der Waals surface area contributed by atoms with Gasteiger partial charge in [-0.3, -0.25) is 9.78 Å². The van der Waals surface area contributed by atoms with Crippen molar-refractivity contribution in [1.29, 1.82) is 0 Å². The second-order valence-corrected chi connectivity index (χ2v) is 7.45. The van der Waals surface area contributed by atoms with Gasteiger partial charge in [-0.2, -0.15) is 13.2 Å². The van der Waals surface area contributed by atoms with Crippen LogP contribution in [-0.2, 0) is 6.18 Å². The zero-order chi connectivity index (χ0) is 24.9. The molecule has 9 nitrogen and oxygen atoms in total. The van der Waals surface area contributed by atoms with Crippen LogP contribution in [0.15, 0.2) is 65.3 Å². The minimum absolute atomic E-state index is 0.0474. The molecule has 34 heavy (non-hydrogen) atoms. The fourth-order valence-electron chi connectivity index (χ4n) is 2.64. The monoisotopic (exact) mass is 539 g/mol. The molecule has 0 aliphatic carbocycles. The maximum absolute atomic E-state index is 13.0. The Kier molecular flexibility index (Phi) is 7.71. The molecular formula is C21H15BrF3N4O5-. The number of urea groups is 1. The number of rotatable bonds is 6. The Morgan fingerprint density at radius 3 is 2.32 bits per heavy atom. The number of carbonyl (C=O) groups is 2. The first-order valence-electron chi connectivity index (χ1n) is 9.35. The summed E-state index contributed by atoms with van der Waals surface area (Å²) in [5.41, 5.74) is -0.868. The van der Waals surface area contributed by atoms with E-state index < -0.39 is 30.4 Å². The van der Waals surface area contributed by atoms with Crippen molar-refractivity contribution in [3.8, 4) is 11.5 Å². The molecule has 0 spiro atoms. The SMILES string of the molecule is O=C(Nc1ccc(Oc2ccnc(C(=O)N([O-])CO)c2)cc1)Nc1ccc(Br)c(C(F)(F)F)c1. The molecule has 0 aliphatic rings. The Bertz CT molecular complexity index is 1190. The highest BCUT2D eigenvalue weighted by atomic mass is 79.9. The lowest BCUT2D eigenvalue weighted by Gasteiger charge is -2.24. The van der Waals surface area contributed by atoms with Gasteiger partial charge in [-0.15, -0.1) is 0 Å². The number of carbonyl (C=O) groups excluding carboxylic acids is 2. The van der Waals surface area contributed by atoms with Crippen LogP contribution in [0.3, 0.4) is 0 Å². The van der Waals surface area contributed by atoms with Gasteiger partial charge in [0, 0.05) is 28.1 Å². The predicted molar refractivity (Wildman–Crippen MR) is 119 cm³/mol. The molecule has 3 rings (SSSR count). The third kappa shape index (κ3) is 6.43. The number of amides is 3. The van der Waals surface area contributed by atoms with E-state index in [9.17, 15) is 28.0 Å². The number of hydrogen-bond donors (Lipinski definition) is 3. The van der Waals surface area contributed by atoms with E-state index in [1.54, 1.807) is 0 Å². The fraction of sp³-hybridized carbons (Fsp3) is 0.0952. The molecule has 178 valence electrons. The molecule has 0 aliphatic heterocycles. The normalized spacial score (nSPS) is 11.0. The Balaban J connectivity index is 1.62. The second-order valence-electron chi connectivity index (χ2n) is 6.60. The van der Waals surface area contributed by atoms with Gasteiger partial charge in [0.15, 0.2) is 0 Å². The first kappa shape index (κ1) is 25.0. The number of halogens is 4. The molecule has 0 fully saturated rings. The average molecular weight is 540 g/mol. The summed E-state index contributed by atoms with van der Waals surface area (Å²) < 4.78 is 44.4. The summed E-state index contributed by atoms with van der Waals surface area (Å²) in [5, 5.41) is 24.6. The molecule has 3 N–H and O–H groups in total. The minimum atomic E-state index is -4.58. The van der Waals surface area contributed by atoms with Gasteiger partial charge < -0.3 is 30.7 Å². The lowest BCUT2D eigenvalue weighted by atomic mass is 10.2. The quantitative estimate of drug-likeness (QED) is 0.292. The van der Waals surface area contributed by atoms with Crippen molar-refractivity contribution in [1.82, 2.24) is 10.0 Å². The lowest BCUT2D eigenvalue weighted by molar-refractivity contribution is -0.138. The summed E-state index contributed by atoms with van der Waals surface area (Å²) in [7, 11) is 0. The minimum Gasteiger partial charge on any atom is -0.754 e. The van der Waals surface area contributed by atoms with E-state index in [-0.39, 0.29) is 26.7 Å². The molecule has 1 aromatic heterocycles. The van der Waals surface area contributed by atoms with Crippen molar-refractivity contribution in [2.45, 2.75) is 6.18 Å². The molecule has 0 unspecified atom stereocenters. The third-order valence-electron chi connectivity index (χ3n) is 4.18. The summed E-state index contributed by atoms with van der Waals surface area (Å²) in [5.74, 6) is -0.523. The van der Waals surface area contributed by atoms with Gasteiger partial charge in [0.1, 0.15) is 23.9 Å². The zero-order valence-electron chi connectivity index (χ0n) is 17.0. The average Bonchev–Trinajstić information content (AvgIpc) is 2.80. The number of benzene rings is 2. The van der Waals surface area contributed by atoms with Gasteiger partial charge in [-0.25, -0.2) is 4.79 Å². The first-order valence-corrected chi connectivity index (χ1v) is 10.1. The fourth-order valence-corrected chi connectivity index (χ4v) is 3.11. The maximum atomic E-state index is 13.0. The summed E-state index contributed by atoms with van der Waals surface area (Å²) >= 11 is 2.83. The molecule has 0 saturated carbocycles. The number of ether oxygens (including phenoxy) is 1. The molecule has 13 heteroatoms. The smallest absolute Gasteiger partial charge is 0.417 e. The number of hydrogen-bond acceptors (Lipinski definition) is 6. The van der Waals surface area contributed by atoms with Crippen LogP contribution in [0.5, 0.6) is 11.5 Å². The third-order valence-corrected chi connectivity index (χ3v) is 4.87. The molecule has 0 saturated heterocycles. The Labute approximate surface area is 198 Å². The Morgan fingerprint density at radius 2 is 1.68 bits per heavy atom. The summed E-state index contributed by atoms with van der Waals surface area (Å²) in [4.78, 5) is 27.7. The summed E-state index contributed by atoms with van der Waals surface area (Å²) in [6, 6.07) is 11.2. The van der Waals surface area contributed by atoms with E-state index in [1.807, 2.05) is 0 Å². The molecule has 0 bridgehead atoms. The number of aliphatic hydroxyl groups is 1. The zero-order valence-corrected chi connectivity index (χ0v) is 18.6. The summed E-state index contributed by atoms with van der Waals surface area (Å²) in [6.45, 7) is -1.01. The van der Waals surface area contributed by atoms with Crippen molar-refractivity contribution in [3.05, 3.63) is 81.7 Å². The number of aliphatic hydroxyl groups excluding tert-OH is 1. The van der Waals surface area contributed by atoms with E-state index >= 15 is 0 Å². The Morgan fingerprint density at radius 1 is 1.03 bits per heavy atom. The van der Waals surface area contributed by atoms with Gasteiger partial charge >= 0.3 is 12.2 Å². The van der Waals surface area contributed by atoms with E-state index in [0.29, 0.717) is 11.4 Å². The van der Waals surface area contributed by atoms with Crippen LogP contribution >= 0.6 is 15.9 Å². The number of anilines is 2. The predicted octanol–water partition coefficient (Wildman–Crippen LogP) is 5.19. The number of pyridine rings is 1. The lowest BCUT2D eigenvalue weighted by Crippen LogP contribution is -2.26. The van der Waals surface area contributed by atoms with E-state index in [1.165, 1.54) is 54.7 Å². The van der Waals surface area contributed by atoms with Crippen LogP contribution < -0.4 is 15.4 Å². The van der Waals surface area contributed by atoms with Crippen LogP contribution in [0.1, 0.15) is 16.1 Å². The number of alkyl halides is 3. The first-order chi connectivity index (χ1) is 16.1. The van der Waals surface area contributed by atoms with E-state index in [4.69, 9.17) is 9.84 Å². The molecule has 3 aromatic rings. The van der Waals surface area contributed by atoms with Gasteiger partial charge in [0.05, 0.1) is 5.56 Å². The maximum Gasteiger partial charge on any atom is 0.417 e. The standard InChI is InChI=1S/C21H15BrF3N4O5/c22-17-6-3-13(9-16(17)21(23,24)25)28-20(32)27-12-1-4-14(5-2-12)34-15-7-8-26-18(10-15)19(31)29(33)11-30/h1-10,30H,11H2,(H2,27,28,32)/q-1. The van der Waals surface area contributed by atoms with Crippen LogP contribution in [0, 0.1) is 5.21 Å². The Hall–Kier alpha value is -3.68. The molecule has 3 amide bonds. The van der Waals surface area contributed by atoms with Gasteiger partial charge in [-0.1, -0.05) is 15.9 Å². The highest BCUT2D eigenvalue weighted by molar-refractivity contribution is 9.10. The highest BCUT2D eigenvalue weighted by Crippen LogP contribution is 2.36. The number of nitrogens with zero attached hydrogens (tertiary/aromatic N) is 2. The van der Waals surface area contributed by atoms with Gasteiger partial charge in [0.2, 0.25) is 0 Å². The highest BCUT2D eigenvalue weighted by Gasteiger charge is 2.33. The molecule has 1 heterocycles. The molecule has 2 aromatic carbocycles.